The van der Waals surface area contributed by atoms with Crippen LogP contribution in [0.2, 0.25) is 0 Å². The molecule has 1 amide bonds. The van der Waals surface area contributed by atoms with Crippen LogP contribution in [0.15, 0.2) is 42.6 Å². The lowest BCUT2D eigenvalue weighted by Crippen LogP contribution is -2.30. The molecular weight excluding hydrogens is 308 g/mol. The van der Waals surface area contributed by atoms with Gasteiger partial charge in [0.1, 0.15) is 5.82 Å². The van der Waals surface area contributed by atoms with E-state index in [1.807, 2.05) is 12.1 Å². The van der Waals surface area contributed by atoms with Crippen molar-refractivity contribution < 1.29 is 9.72 Å². The van der Waals surface area contributed by atoms with Crippen molar-refractivity contribution in [3.63, 3.8) is 0 Å². The van der Waals surface area contributed by atoms with Crippen LogP contribution in [-0.2, 0) is 0 Å². The van der Waals surface area contributed by atoms with Gasteiger partial charge < -0.3 is 10.2 Å². The SMILES string of the molecule is O=C(Nc1ccc(N2CCCCC2)nc1)c1ccc([N+](=O)[O-])cc1. The topological polar surface area (TPSA) is 88.4 Å². The molecule has 0 spiro atoms. The van der Waals surface area contributed by atoms with Gasteiger partial charge in [-0.05, 0) is 43.5 Å². The Morgan fingerprint density at radius 2 is 1.79 bits per heavy atom. The summed E-state index contributed by atoms with van der Waals surface area (Å²) in [4.78, 5) is 28.9. The van der Waals surface area contributed by atoms with Gasteiger partial charge in [0.15, 0.2) is 0 Å². The maximum absolute atomic E-state index is 12.2. The number of rotatable bonds is 4. The molecular formula is C17H18N4O3. The number of benzene rings is 1. The summed E-state index contributed by atoms with van der Waals surface area (Å²) in [6.07, 6.45) is 5.26. The summed E-state index contributed by atoms with van der Waals surface area (Å²) in [6.45, 7) is 2.03. The first-order valence-corrected chi connectivity index (χ1v) is 7.90. The fourth-order valence-corrected chi connectivity index (χ4v) is 2.71. The van der Waals surface area contributed by atoms with E-state index in [2.05, 4.69) is 15.2 Å². The Morgan fingerprint density at radius 3 is 2.38 bits per heavy atom. The Kier molecular flexibility index (Phi) is 4.69. The largest absolute Gasteiger partial charge is 0.357 e. The molecule has 0 saturated carbocycles. The molecule has 7 nitrogen and oxygen atoms in total. The first-order chi connectivity index (χ1) is 11.6. The number of aromatic nitrogens is 1. The zero-order valence-corrected chi connectivity index (χ0v) is 13.1. The third kappa shape index (κ3) is 3.68. The third-order valence-electron chi connectivity index (χ3n) is 4.03. The Bertz CT molecular complexity index is 723. The van der Waals surface area contributed by atoms with Crippen molar-refractivity contribution in [3.05, 3.63) is 58.3 Å². The number of hydrogen-bond acceptors (Lipinski definition) is 5. The normalized spacial score (nSPS) is 14.2. The Morgan fingerprint density at radius 1 is 1.08 bits per heavy atom. The summed E-state index contributed by atoms with van der Waals surface area (Å²) in [5, 5.41) is 13.4. The minimum absolute atomic E-state index is 0.0425. The van der Waals surface area contributed by atoms with Crippen molar-refractivity contribution in [3.8, 4) is 0 Å². The number of nitrogens with zero attached hydrogens (tertiary/aromatic N) is 3. The van der Waals surface area contributed by atoms with Crippen LogP contribution in [0.1, 0.15) is 29.6 Å². The Hall–Kier alpha value is -2.96. The molecule has 1 aliphatic heterocycles. The van der Waals surface area contributed by atoms with Gasteiger partial charge in [0.05, 0.1) is 16.8 Å². The van der Waals surface area contributed by atoms with Crippen LogP contribution in [-0.4, -0.2) is 28.9 Å². The van der Waals surface area contributed by atoms with Crippen LogP contribution in [0.4, 0.5) is 17.2 Å². The molecule has 1 saturated heterocycles. The molecule has 24 heavy (non-hydrogen) atoms. The van der Waals surface area contributed by atoms with E-state index in [1.165, 1.54) is 43.5 Å². The van der Waals surface area contributed by atoms with Gasteiger partial charge in [-0.3, -0.25) is 14.9 Å². The van der Waals surface area contributed by atoms with Gasteiger partial charge in [-0.25, -0.2) is 4.98 Å². The smallest absolute Gasteiger partial charge is 0.269 e. The molecule has 3 rings (SSSR count). The third-order valence-corrected chi connectivity index (χ3v) is 4.03. The highest BCUT2D eigenvalue weighted by Gasteiger charge is 2.13. The average molecular weight is 326 g/mol. The van der Waals surface area contributed by atoms with Crippen LogP contribution < -0.4 is 10.2 Å². The summed E-state index contributed by atoms with van der Waals surface area (Å²) in [7, 11) is 0. The molecule has 1 aliphatic rings. The van der Waals surface area contributed by atoms with E-state index >= 15 is 0 Å². The number of non-ortho nitro benzene ring substituents is 1. The fraction of sp³-hybridized carbons (Fsp3) is 0.294. The summed E-state index contributed by atoms with van der Waals surface area (Å²) in [6, 6.07) is 9.21. The molecule has 0 radical (unpaired) electrons. The Labute approximate surface area is 139 Å². The maximum Gasteiger partial charge on any atom is 0.269 e. The number of anilines is 2. The molecule has 1 aromatic carbocycles. The van der Waals surface area contributed by atoms with Gasteiger partial charge in [0, 0.05) is 30.8 Å². The molecule has 2 aromatic rings. The first kappa shape index (κ1) is 15.9. The van der Waals surface area contributed by atoms with Gasteiger partial charge in [0.2, 0.25) is 0 Å². The van der Waals surface area contributed by atoms with E-state index in [9.17, 15) is 14.9 Å². The lowest BCUT2D eigenvalue weighted by Gasteiger charge is -2.27. The molecule has 1 aromatic heterocycles. The average Bonchev–Trinajstić information content (AvgIpc) is 2.63. The zero-order valence-electron chi connectivity index (χ0n) is 13.1. The molecule has 0 atom stereocenters. The molecule has 124 valence electrons. The molecule has 0 unspecified atom stereocenters. The molecule has 2 heterocycles. The number of amides is 1. The minimum atomic E-state index is -0.495. The highest BCUT2D eigenvalue weighted by Crippen LogP contribution is 2.19. The second-order valence-corrected chi connectivity index (χ2v) is 5.71. The van der Waals surface area contributed by atoms with Crippen molar-refractivity contribution >= 4 is 23.1 Å². The number of hydrogen-bond donors (Lipinski definition) is 1. The molecule has 1 fully saturated rings. The van der Waals surface area contributed by atoms with Gasteiger partial charge in [-0.15, -0.1) is 0 Å². The minimum Gasteiger partial charge on any atom is -0.357 e. The second-order valence-electron chi connectivity index (χ2n) is 5.71. The van der Waals surface area contributed by atoms with Crippen LogP contribution in [0.3, 0.4) is 0 Å². The van der Waals surface area contributed by atoms with Gasteiger partial charge >= 0.3 is 0 Å². The van der Waals surface area contributed by atoms with Crippen molar-refractivity contribution in [1.82, 2.24) is 4.98 Å². The second kappa shape index (κ2) is 7.08. The first-order valence-electron chi connectivity index (χ1n) is 7.90. The van der Waals surface area contributed by atoms with Crippen molar-refractivity contribution in [2.24, 2.45) is 0 Å². The standard InChI is InChI=1S/C17H18N4O3/c22-17(13-4-7-15(8-5-13)21(23)24)19-14-6-9-16(18-12-14)20-10-2-1-3-11-20/h4-9,12H,1-3,10-11H2,(H,19,22). The molecule has 0 aliphatic carbocycles. The van der Waals surface area contributed by atoms with E-state index in [0.29, 0.717) is 11.3 Å². The lowest BCUT2D eigenvalue weighted by atomic mass is 10.1. The summed E-state index contributed by atoms with van der Waals surface area (Å²) < 4.78 is 0. The number of pyridine rings is 1. The van der Waals surface area contributed by atoms with E-state index in [1.54, 1.807) is 6.20 Å². The molecule has 7 heteroatoms. The van der Waals surface area contributed by atoms with E-state index < -0.39 is 4.92 Å². The zero-order chi connectivity index (χ0) is 16.9. The van der Waals surface area contributed by atoms with Crippen LogP contribution >= 0.6 is 0 Å². The quantitative estimate of drug-likeness (QED) is 0.688. The lowest BCUT2D eigenvalue weighted by molar-refractivity contribution is -0.384. The van der Waals surface area contributed by atoms with E-state index in [-0.39, 0.29) is 11.6 Å². The predicted octanol–water partition coefficient (Wildman–Crippen LogP) is 3.23. The van der Waals surface area contributed by atoms with E-state index in [4.69, 9.17) is 0 Å². The maximum atomic E-state index is 12.2. The van der Waals surface area contributed by atoms with Gasteiger partial charge in [0.25, 0.3) is 11.6 Å². The van der Waals surface area contributed by atoms with Crippen LogP contribution in [0, 0.1) is 10.1 Å². The molecule has 0 bridgehead atoms. The van der Waals surface area contributed by atoms with E-state index in [0.717, 1.165) is 18.9 Å². The Balaban J connectivity index is 1.64. The fourth-order valence-electron chi connectivity index (χ4n) is 2.71. The van der Waals surface area contributed by atoms with Crippen molar-refractivity contribution in [2.45, 2.75) is 19.3 Å². The number of carbonyl (C=O) groups excluding carboxylic acids is 1. The molecule has 1 N–H and O–H groups in total. The summed E-state index contributed by atoms with van der Waals surface area (Å²) in [5.41, 5.74) is 0.916. The highest BCUT2D eigenvalue weighted by atomic mass is 16.6. The van der Waals surface area contributed by atoms with Crippen LogP contribution in [0.25, 0.3) is 0 Å². The highest BCUT2D eigenvalue weighted by molar-refractivity contribution is 6.04. The predicted molar refractivity (Wildman–Crippen MR) is 91.4 cm³/mol. The number of nitro benzene ring substituents is 1. The van der Waals surface area contributed by atoms with Crippen molar-refractivity contribution in [2.75, 3.05) is 23.3 Å². The van der Waals surface area contributed by atoms with Gasteiger partial charge in [-0.1, -0.05) is 0 Å². The number of piperidine rings is 1. The number of nitro groups is 1. The van der Waals surface area contributed by atoms with Crippen molar-refractivity contribution in [1.29, 1.82) is 0 Å². The van der Waals surface area contributed by atoms with Gasteiger partial charge in [-0.2, -0.15) is 0 Å². The summed E-state index contributed by atoms with van der Waals surface area (Å²) >= 11 is 0. The monoisotopic (exact) mass is 326 g/mol. The number of nitrogens with one attached hydrogen (secondary N) is 1. The summed E-state index contributed by atoms with van der Waals surface area (Å²) in [5.74, 6) is 0.598. The number of carbonyl (C=O) groups is 1. The van der Waals surface area contributed by atoms with Crippen LogP contribution in [0.5, 0.6) is 0 Å².